The first-order valence-corrected chi connectivity index (χ1v) is 12.0. The van der Waals surface area contributed by atoms with Crippen LogP contribution in [0.15, 0.2) is 83.8 Å². The number of pyridine rings is 1. The second-order valence-electron chi connectivity index (χ2n) is 7.56. The number of aromatic nitrogens is 1. The molecule has 6 heteroatoms. The van der Waals surface area contributed by atoms with Gasteiger partial charge in [0.2, 0.25) is 0 Å². The fraction of sp³-hybridized carbons (Fsp3) is 0.160. The van der Waals surface area contributed by atoms with Crippen molar-refractivity contribution >= 4 is 46.4 Å². The second-order valence-corrected chi connectivity index (χ2v) is 9.35. The van der Waals surface area contributed by atoms with Crippen molar-refractivity contribution in [2.45, 2.75) is 18.2 Å². The first-order valence-electron chi connectivity index (χ1n) is 10.4. The summed E-state index contributed by atoms with van der Waals surface area (Å²) in [6.45, 7) is 4.29. The Hall–Kier alpha value is -2.67. The van der Waals surface area contributed by atoms with Crippen molar-refractivity contribution in [1.82, 2.24) is 9.71 Å². The molecule has 0 saturated carbocycles. The lowest BCUT2D eigenvalue weighted by molar-refractivity contribution is 0.777. The number of nitrogens with one attached hydrogen (secondary N) is 2. The molecule has 1 saturated heterocycles. The monoisotopic (exact) mass is 444 g/mol. The van der Waals surface area contributed by atoms with Crippen LogP contribution in [0.2, 0.25) is 0 Å². The Morgan fingerprint density at radius 2 is 1.87 bits per heavy atom. The number of anilines is 2. The summed E-state index contributed by atoms with van der Waals surface area (Å²) >= 11 is 3.32. The van der Waals surface area contributed by atoms with Crippen LogP contribution in [0.25, 0.3) is 22.2 Å². The summed E-state index contributed by atoms with van der Waals surface area (Å²) in [5.74, 6) is 0. The van der Waals surface area contributed by atoms with Gasteiger partial charge in [0.15, 0.2) is 0 Å². The summed E-state index contributed by atoms with van der Waals surface area (Å²) in [7, 11) is 0. The topological polar surface area (TPSA) is 40.2 Å². The number of fused-ring (bicyclic) bond motifs is 1. The third-order valence-corrected chi connectivity index (χ3v) is 7.13. The van der Waals surface area contributed by atoms with E-state index in [-0.39, 0.29) is 0 Å². The molecule has 2 heterocycles. The molecular formula is C25H24N4S2. The molecule has 0 radical (unpaired) electrons. The fourth-order valence-corrected chi connectivity index (χ4v) is 5.10. The van der Waals surface area contributed by atoms with Crippen molar-refractivity contribution in [3.8, 4) is 11.3 Å². The predicted molar refractivity (Wildman–Crippen MR) is 135 cm³/mol. The highest BCUT2D eigenvalue weighted by molar-refractivity contribution is 8.00. The number of benzene rings is 3. The molecule has 0 unspecified atom stereocenters. The minimum atomic E-state index is 1.00. The van der Waals surface area contributed by atoms with Gasteiger partial charge in [-0.15, -0.1) is 0 Å². The van der Waals surface area contributed by atoms with Crippen LogP contribution in [0.5, 0.6) is 0 Å². The van der Waals surface area contributed by atoms with Crippen molar-refractivity contribution in [2.75, 3.05) is 22.1 Å². The Balaban J connectivity index is 1.31. The molecule has 31 heavy (non-hydrogen) atoms. The van der Waals surface area contributed by atoms with Gasteiger partial charge in [-0.25, -0.2) is 9.71 Å². The zero-order valence-electron chi connectivity index (χ0n) is 17.3. The van der Waals surface area contributed by atoms with E-state index < -0.39 is 0 Å². The summed E-state index contributed by atoms with van der Waals surface area (Å²) in [6, 6.07) is 27.7. The molecule has 0 spiro atoms. The summed E-state index contributed by atoms with van der Waals surface area (Å²) in [4.78, 5) is 6.06. The Kier molecular flexibility index (Phi) is 6.02. The van der Waals surface area contributed by atoms with E-state index in [0.29, 0.717) is 0 Å². The molecule has 0 aliphatic carbocycles. The molecule has 0 amide bonds. The van der Waals surface area contributed by atoms with Crippen LogP contribution in [0.1, 0.15) is 12.0 Å². The van der Waals surface area contributed by atoms with Gasteiger partial charge in [0.1, 0.15) is 0 Å². The molecular weight excluding hydrogens is 420 g/mol. The van der Waals surface area contributed by atoms with E-state index in [2.05, 4.69) is 87.4 Å². The lowest BCUT2D eigenvalue weighted by Gasteiger charge is -2.27. The SMILES string of the molecule is Cc1ccc(NSc2ccc(N3CCCNS3)cc2)cc1-c1ccc2ccccc2n1. The number of rotatable bonds is 5. The van der Waals surface area contributed by atoms with Crippen LogP contribution in [-0.2, 0) is 0 Å². The van der Waals surface area contributed by atoms with E-state index in [1.54, 1.807) is 24.1 Å². The van der Waals surface area contributed by atoms with Crippen molar-refractivity contribution in [1.29, 1.82) is 0 Å². The lowest BCUT2D eigenvalue weighted by Crippen LogP contribution is -2.29. The molecule has 0 atom stereocenters. The van der Waals surface area contributed by atoms with Gasteiger partial charge in [-0.3, -0.25) is 0 Å². The zero-order valence-corrected chi connectivity index (χ0v) is 19.0. The van der Waals surface area contributed by atoms with Gasteiger partial charge < -0.3 is 9.03 Å². The number of para-hydroxylation sites is 1. The van der Waals surface area contributed by atoms with Gasteiger partial charge in [-0.1, -0.05) is 30.3 Å². The third kappa shape index (κ3) is 4.66. The Morgan fingerprint density at radius 3 is 2.71 bits per heavy atom. The van der Waals surface area contributed by atoms with Crippen LogP contribution in [0, 0.1) is 6.92 Å². The standard InChI is InChI=1S/C25H24N4S2/c1-18-7-9-20(17-23(18)25-14-8-19-5-2-3-6-24(19)27-25)28-30-22-12-10-21(11-13-22)29-16-4-15-26-31-29/h2-3,5-14,17,26,28H,4,15-16H2,1H3. The second kappa shape index (κ2) is 9.22. The van der Waals surface area contributed by atoms with Crippen molar-refractivity contribution < 1.29 is 0 Å². The summed E-state index contributed by atoms with van der Waals surface area (Å²) < 4.78 is 9.14. The summed E-state index contributed by atoms with van der Waals surface area (Å²) in [5, 5.41) is 1.16. The highest BCUT2D eigenvalue weighted by atomic mass is 32.2. The molecule has 4 nitrogen and oxygen atoms in total. The van der Waals surface area contributed by atoms with E-state index in [0.717, 1.165) is 40.9 Å². The molecule has 4 aromatic rings. The highest BCUT2D eigenvalue weighted by Gasteiger charge is 2.11. The zero-order chi connectivity index (χ0) is 21.0. The number of hydrogen-bond acceptors (Lipinski definition) is 6. The molecule has 1 aromatic heterocycles. The molecule has 156 valence electrons. The van der Waals surface area contributed by atoms with Crippen LogP contribution >= 0.6 is 24.1 Å². The minimum Gasteiger partial charge on any atom is -0.326 e. The maximum atomic E-state index is 4.87. The Labute approximate surface area is 191 Å². The Bertz CT molecular complexity index is 1190. The highest BCUT2D eigenvalue weighted by Crippen LogP contribution is 2.31. The van der Waals surface area contributed by atoms with E-state index in [9.17, 15) is 0 Å². The van der Waals surface area contributed by atoms with Gasteiger partial charge in [-0.2, -0.15) is 0 Å². The van der Waals surface area contributed by atoms with Crippen LogP contribution in [0.3, 0.4) is 0 Å². The van der Waals surface area contributed by atoms with E-state index in [1.165, 1.54) is 22.6 Å². The first-order chi connectivity index (χ1) is 15.3. The molecule has 2 N–H and O–H groups in total. The van der Waals surface area contributed by atoms with E-state index in [1.807, 2.05) is 12.1 Å². The van der Waals surface area contributed by atoms with Crippen molar-refractivity contribution in [2.24, 2.45) is 0 Å². The molecule has 1 aliphatic heterocycles. The third-order valence-electron chi connectivity index (χ3n) is 5.34. The molecule has 0 bridgehead atoms. The fourth-order valence-electron chi connectivity index (χ4n) is 3.62. The van der Waals surface area contributed by atoms with Crippen LogP contribution < -0.4 is 13.7 Å². The minimum absolute atomic E-state index is 1.00. The molecule has 3 aromatic carbocycles. The maximum Gasteiger partial charge on any atom is 0.0713 e. The first kappa shape index (κ1) is 20.2. The average molecular weight is 445 g/mol. The van der Waals surface area contributed by atoms with E-state index >= 15 is 0 Å². The molecule has 1 fully saturated rings. The molecule has 5 rings (SSSR count). The van der Waals surface area contributed by atoms with Gasteiger partial charge in [0.25, 0.3) is 0 Å². The predicted octanol–water partition coefficient (Wildman–Crippen LogP) is 6.69. The Morgan fingerprint density at radius 1 is 1.00 bits per heavy atom. The summed E-state index contributed by atoms with van der Waals surface area (Å²) in [6.07, 6.45) is 1.17. The smallest absolute Gasteiger partial charge is 0.0713 e. The number of nitrogens with zero attached hydrogens (tertiary/aromatic N) is 2. The van der Waals surface area contributed by atoms with Crippen LogP contribution in [-0.4, -0.2) is 18.1 Å². The maximum absolute atomic E-state index is 4.87. The lowest BCUT2D eigenvalue weighted by atomic mass is 10.0. The quantitative estimate of drug-likeness (QED) is 0.334. The number of aryl methyl sites for hydroxylation is 1. The van der Waals surface area contributed by atoms with Crippen LogP contribution in [0.4, 0.5) is 11.4 Å². The van der Waals surface area contributed by atoms with E-state index in [4.69, 9.17) is 4.98 Å². The van der Waals surface area contributed by atoms with Crippen molar-refractivity contribution in [3.05, 3.63) is 84.4 Å². The normalized spacial score (nSPS) is 14.0. The van der Waals surface area contributed by atoms with Gasteiger partial charge >= 0.3 is 0 Å². The average Bonchev–Trinajstić information content (AvgIpc) is 2.84. The number of hydrogen-bond donors (Lipinski definition) is 2. The van der Waals surface area contributed by atoms with Crippen molar-refractivity contribution in [3.63, 3.8) is 0 Å². The largest absolute Gasteiger partial charge is 0.326 e. The van der Waals surface area contributed by atoms with Gasteiger partial charge in [0.05, 0.1) is 11.2 Å². The van der Waals surface area contributed by atoms with Gasteiger partial charge in [-0.05, 0) is 79.4 Å². The molecule has 1 aliphatic rings. The van der Waals surface area contributed by atoms with Gasteiger partial charge in [0, 0.05) is 52.4 Å². The summed E-state index contributed by atoms with van der Waals surface area (Å²) in [5.41, 5.74) is 6.70.